The van der Waals surface area contributed by atoms with E-state index >= 15 is 0 Å². The number of nitrogens with one attached hydrogen (secondary N) is 2. The zero-order chi connectivity index (χ0) is 19.6. The molecule has 2 aromatic heterocycles. The van der Waals surface area contributed by atoms with Crippen LogP contribution in [0.4, 0.5) is 0 Å². The van der Waals surface area contributed by atoms with E-state index in [2.05, 4.69) is 15.2 Å². The Kier molecular flexibility index (Phi) is 5.14. The van der Waals surface area contributed by atoms with Gasteiger partial charge in [-0.15, -0.1) is 11.3 Å². The molecule has 140 valence electrons. The highest BCUT2D eigenvalue weighted by Gasteiger charge is 2.18. The lowest BCUT2D eigenvalue weighted by atomic mass is 9.91. The number of carbonyl (C=O) groups is 1. The van der Waals surface area contributed by atoms with Gasteiger partial charge in [-0.2, -0.15) is 5.10 Å². The SMILES string of the molecule is COc1ccc(-c2[nH]ncc2/C=c2\s/c(=C\C(=O)C(C)(C)C)[nH]c2=O)cc1. The highest BCUT2D eigenvalue weighted by atomic mass is 32.1. The normalized spacial score (nSPS) is 13.2. The number of ether oxygens (including phenoxy) is 1. The molecule has 0 saturated carbocycles. The molecule has 0 aliphatic rings. The van der Waals surface area contributed by atoms with E-state index in [9.17, 15) is 9.59 Å². The van der Waals surface area contributed by atoms with Crippen molar-refractivity contribution in [3.05, 3.63) is 55.6 Å². The summed E-state index contributed by atoms with van der Waals surface area (Å²) in [5.41, 5.74) is 1.82. The molecule has 0 spiro atoms. The summed E-state index contributed by atoms with van der Waals surface area (Å²) < 4.78 is 6.23. The van der Waals surface area contributed by atoms with Gasteiger partial charge in [0, 0.05) is 22.6 Å². The Morgan fingerprint density at radius 3 is 2.56 bits per heavy atom. The molecule has 27 heavy (non-hydrogen) atoms. The Hall–Kier alpha value is -2.93. The number of benzene rings is 1. The van der Waals surface area contributed by atoms with Crippen molar-refractivity contribution in [1.29, 1.82) is 0 Å². The molecule has 0 amide bonds. The van der Waals surface area contributed by atoms with E-state index in [1.807, 2.05) is 45.0 Å². The first kappa shape index (κ1) is 18.8. The minimum absolute atomic E-state index is 0.0335. The molecule has 3 aromatic rings. The lowest BCUT2D eigenvalue weighted by molar-refractivity contribution is -0.119. The Balaban J connectivity index is 2.02. The van der Waals surface area contributed by atoms with E-state index in [-0.39, 0.29) is 11.3 Å². The Labute approximate surface area is 160 Å². The van der Waals surface area contributed by atoms with Gasteiger partial charge >= 0.3 is 0 Å². The second-order valence-corrected chi connectivity index (χ2v) is 8.20. The monoisotopic (exact) mass is 383 g/mol. The van der Waals surface area contributed by atoms with Gasteiger partial charge in [-0.05, 0) is 30.3 Å². The van der Waals surface area contributed by atoms with Crippen molar-refractivity contribution in [1.82, 2.24) is 15.2 Å². The van der Waals surface area contributed by atoms with Crippen LogP contribution in [0.5, 0.6) is 5.75 Å². The summed E-state index contributed by atoms with van der Waals surface area (Å²) >= 11 is 1.25. The van der Waals surface area contributed by atoms with Crippen molar-refractivity contribution < 1.29 is 9.53 Å². The first-order valence-corrected chi connectivity index (χ1v) is 9.24. The first-order chi connectivity index (χ1) is 12.8. The molecule has 0 unspecified atom stereocenters. The summed E-state index contributed by atoms with van der Waals surface area (Å²) in [6.45, 7) is 5.53. The largest absolute Gasteiger partial charge is 0.497 e. The fourth-order valence-corrected chi connectivity index (χ4v) is 3.27. The number of thiazole rings is 1. The fourth-order valence-electron chi connectivity index (χ4n) is 2.39. The second-order valence-electron chi connectivity index (χ2n) is 7.12. The number of Topliss-reactive ketones (excluding diaryl/α,β-unsaturated/α-hetero) is 1. The molecule has 3 rings (SSSR count). The van der Waals surface area contributed by atoms with E-state index in [4.69, 9.17) is 4.74 Å². The van der Waals surface area contributed by atoms with Gasteiger partial charge < -0.3 is 9.72 Å². The maximum atomic E-state index is 12.3. The van der Waals surface area contributed by atoms with E-state index in [0.29, 0.717) is 9.20 Å². The van der Waals surface area contributed by atoms with Crippen LogP contribution in [0.15, 0.2) is 35.3 Å². The lowest BCUT2D eigenvalue weighted by Crippen LogP contribution is -2.22. The van der Waals surface area contributed by atoms with Crippen LogP contribution >= 0.6 is 11.3 Å². The number of aromatic amines is 2. The molecular weight excluding hydrogens is 362 g/mol. The van der Waals surface area contributed by atoms with Crippen LogP contribution in [0.3, 0.4) is 0 Å². The number of carbonyl (C=O) groups excluding carboxylic acids is 1. The zero-order valence-electron chi connectivity index (χ0n) is 15.6. The number of hydrogen-bond acceptors (Lipinski definition) is 5. The third-order valence-corrected chi connectivity index (χ3v) is 4.98. The summed E-state index contributed by atoms with van der Waals surface area (Å²) in [6, 6.07) is 7.57. The van der Waals surface area contributed by atoms with Crippen LogP contribution in [-0.4, -0.2) is 28.1 Å². The highest BCUT2D eigenvalue weighted by molar-refractivity contribution is 7.07. The van der Waals surface area contributed by atoms with Crippen molar-refractivity contribution in [3.63, 3.8) is 0 Å². The van der Waals surface area contributed by atoms with Gasteiger partial charge in [-0.1, -0.05) is 20.8 Å². The number of methoxy groups -OCH3 is 1. The van der Waals surface area contributed by atoms with Gasteiger partial charge in [-0.3, -0.25) is 14.7 Å². The van der Waals surface area contributed by atoms with Crippen molar-refractivity contribution in [2.45, 2.75) is 20.8 Å². The second kappa shape index (κ2) is 7.36. The van der Waals surface area contributed by atoms with E-state index in [1.54, 1.807) is 19.4 Å². The maximum absolute atomic E-state index is 12.3. The Bertz CT molecular complexity index is 1130. The number of aromatic nitrogens is 3. The zero-order valence-corrected chi connectivity index (χ0v) is 16.4. The fraction of sp³-hybridized carbons (Fsp3) is 0.250. The standard InChI is InChI=1S/C20H21N3O3S/c1-20(2,3)16(24)10-17-22-19(25)15(27-17)9-13-11-21-23-18(13)12-5-7-14(26-4)8-6-12/h5-11H,1-4H3,(H,21,23)(H,22,25)/b15-9-,17-10-. The molecule has 2 N–H and O–H groups in total. The van der Waals surface area contributed by atoms with Crippen LogP contribution in [-0.2, 0) is 4.79 Å². The van der Waals surface area contributed by atoms with Gasteiger partial charge in [0.1, 0.15) is 5.75 Å². The van der Waals surface area contributed by atoms with Gasteiger partial charge in [0.05, 0.1) is 28.2 Å². The first-order valence-electron chi connectivity index (χ1n) is 8.43. The van der Waals surface area contributed by atoms with E-state index in [0.717, 1.165) is 22.6 Å². The molecule has 0 aliphatic carbocycles. The molecule has 6 nitrogen and oxygen atoms in total. The number of nitrogens with zero attached hydrogens (tertiary/aromatic N) is 1. The van der Waals surface area contributed by atoms with Crippen LogP contribution in [0.25, 0.3) is 23.4 Å². The molecule has 0 radical (unpaired) electrons. The Morgan fingerprint density at radius 1 is 1.22 bits per heavy atom. The van der Waals surface area contributed by atoms with Crippen molar-refractivity contribution in [3.8, 4) is 17.0 Å². The number of H-pyrrole nitrogens is 2. The summed E-state index contributed by atoms with van der Waals surface area (Å²) in [5, 5.41) is 7.06. The molecule has 0 atom stereocenters. The molecule has 0 saturated heterocycles. The summed E-state index contributed by atoms with van der Waals surface area (Å²) in [5.74, 6) is 0.732. The van der Waals surface area contributed by atoms with Crippen LogP contribution in [0.1, 0.15) is 26.3 Å². The minimum Gasteiger partial charge on any atom is -0.497 e. The molecule has 0 aliphatic heterocycles. The predicted octanol–water partition coefficient (Wildman–Crippen LogP) is 2.06. The molecule has 7 heteroatoms. The highest BCUT2D eigenvalue weighted by Crippen LogP contribution is 2.24. The number of ketones is 1. The topological polar surface area (TPSA) is 87.8 Å². The Morgan fingerprint density at radius 2 is 1.93 bits per heavy atom. The molecule has 1 aromatic carbocycles. The predicted molar refractivity (Wildman–Crippen MR) is 107 cm³/mol. The summed E-state index contributed by atoms with van der Waals surface area (Å²) in [6.07, 6.45) is 4.93. The molecule has 0 fully saturated rings. The molecule has 0 bridgehead atoms. The maximum Gasteiger partial charge on any atom is 0.266 e. The number of rotatable bonds is 4. The quantitative estimate of drug-likeness (QED) is 0.722. The van der Waals surface area contributed by atoms with Crippen molar-refractivity contribution >= 4 is 29.3 Å². The van der Waals surface area contributed by atoms with Crippen molar-refractivity contribution in [2.75, 3.05) is 7.11 Å². The average molecular weight is 383 g/mol. The van der Waals surface area contributed by atoms with Gasteiger partial charge in [0.2, 0.25) is 0 Å². The summed E-state index contributed by atoms with van der Waals surface area (Å²) in [7, 11) is 1.62. The lowest BCUT2D eigenvalue weighted by Gasteiger charge is -2.12. The third kappa shape index (κ3) is 4.25. The van der Waals surface area contributed by atoms with Gasteiger partial charge in [0.25, 0.3) is 5.56 Å². The smallest absolute Gasteiger partial charge is 0.266 e. The van der Waals surface area contributed by atoms with Gasteiger partial charge in [0.15, 0.2) is 5.78 Å². The van der Waals surface area contributed by atoms with Gasteiger partial charge in [-0.25, -0.2) is 0 Å². The van der Waals surface area contributed by atoms with Crippen molar-refractivity contribution in [2.24, 2.45) is 5.41 Å². The third-order valence-electron chi connectivity index (χ3n) is 4.02. The van der Waals surface area contributed by atoms with Crippen LogP contribution < -0.4 is 19.5 Å². The van der Waals surface area contributed by atoms with Crippen LogP contribution in [0.2, 0.25) is 0 Å². The van der Waals surface area contributed by atoms with E-state index in [1.165, 1.54) is 17.4 Å². The van der Waals surface area contributed by atoms with E-state index < -0.39 is 5.41 Å². The minimum atomic E-state index is -0.489. The molecular formula is C20H21N3O3S. The number of hydrogen-bond donors (Lipinski definition) is 2. The van der Waals surface area contributed by atoms with Crippen LogP contribution in [0, 0.1) is 5.41 Å². The summed E-state index contributed by atoms with van der Waals surface area (Å²) in [4.78, 5) is 27.2. The average Bonchev–Trinajstić information content (AvgIpc) is 3.21. The molecule has 2 heterocycles.